The van der Waals surface area contributed by atoms with Gasteiger partial charge in [-0.15, -0.1) is 11.3 Å². The second-order valence-electron chi connectivity index (χ2n) is 4.39. The summed E-state index contributed by atoms with van der Waals surface area (Å²) in [6.45, 7) is 3.38. The van der Waals surface area contributed by atoms with Crippen LogP contribution in [0.3, 0.4) is 0 Å². The number of aryl methyl sites for hydroxylation is 1. The van der Waals surface area contributed by atoms with E-state index >= 15 is 0 Å². The highest BCUT2D eigenvalue weighted by Gasteiger charge is 2.31. The number of thiazole rings is 1. The molecule has 2 rings (SSSR count). The number of urea groups is 1. The molecule has 0 radical (unpaired) electrons. The van der Waals surface area contributed by atoms with Crippen molar-refractivity contribution < 1.29 is 14.7 Å². The molecule has 1 saturated heterocycles. The predicted molar refractivity (Wildman–Crippen MR) is 66.4 cm³/mol. The van der Waals surface area contributed by atoms with Crippen LogP contribution in [0.1, 0.15) is 17.1 Å². The maximum atomic E-state index is 11.7. The summed E-state index contributed by atoms with van der Waals surface area (Å²) >= 11 is 1.55. The van der Waals surface area contributed by atoms with Gasteiger partial charge in [0.25, 0.3) is 0 Å². The smallest absolute Gasteiger partial charge is 0.317 e. The van der Waals surface area contributed by atoms with Crippen LogP contribution in [0.4, 0.5) is 4.79 Å². The SMILES string of the molecule is Cc1nc(CNC(=O)N2CC(CC(=O)O)C2)cs1. The Morgan fingerprint density at radius 3 is 2.89 bits per heavy atom. The summed E-state index contributed by atoms with van der Waals surface area (Å²) in [5.74, 6) is -0.715. The molecule has 1 aromatic heterocycles. The number of hydrogen-bond acceptors (Lipinski definition) is 4. The molecule has 6 nitrogen and oxygen atoms in total. The topological polar surface area (TPSA) is 82.5 Å². The maximum absolute atomic E-state index is 11.7. The van der Waals surface area contributed by atoms with Gasteiger partial charge >= 0.3 is 12.0 Å². The van der Waals surface area contributed by atoms with Gasteiger partial charge in [0.2, 0.25) is 0 Å². The molecule has 1 aliphatic rings. The average molecular weight is 269 g/mol. The standard InChI is InChI=1S/C11H15N3O3S/c1-7-13-9(6-18-7)3-12-11(17)14-4-8(5-14)2-10(15)16/h6,8H,2-5H2,1H3,(H,12,17)(H,15,16). The zero-order chi connectivity index (χ0) is 13.1. The normalized spacial score (nSPS) is 15.3. The summed E-state index contributed by atoms with van der Waals surface area (Å²) in [6, 6.07) is -0.151. The van der Waals surface area contributed by atoms with Gasteiger partial charge in [-0.2, -0.15) is 0 Å². The Morgan fingerprint density at radius 2 is 2.33 bits per heavy atom. The van der Waals surface area contributed by atoms with Gasteiger partial charge in [-0.3, -0.25) is 4.79 Å². The highest BCUT2D eigenvalue weighted by atomic mass is 32.1. The molecule has 0 unspecified atom stereocenters. The third-order valence-electron chi connectivity index (χ3n) is 2.79. The van der Waals surface area contributed by atoms with E-state index in [2.05, 4.69) is 10.3 Å². The fraction of sp³-hybridized carbons (Fsp3) is 0.545. The molecule has 0 aliphatic carbocycles. The molecule has 2 amide bonds. The molecule has 18 heavy (non-hydrogen) atoms. The molecule has 0 bridgehead atoms. The third kappa shape index (κ3) is 3.19. The van der Waals surface area contributed by atoms with Crippen LogP contribution in [0.5, 0.6) is 0 Å². The van der Waals surface area contributed by atoms with Crippen LogP contribution in [0, 0.1) is 12.8 Å². The first-order valence-corrected chi connectivity index (χ1v) is 6.58. The van der Waals surface area contributed by atoms with E-state index in [0.717, 1.165) is 10.7 Å². The lowest BCUT2D eigenvalue weighted by Gasteiger charge is -2.38. The molecule has 0 spiro atoms. The Morgan fingerprint density at radius 1 is 1.61 bits per heavy atom. The van der Waals surface area contributed by atoms with E-state index in [0.29, 0.717) is 19.6 Å². The Balaban J connectivity index is 1.69. The lowest BCUT2D eigenvalue weighted by Crippen LogP contribution is -2.54. The molecule has 0 aromatic carbocycles. The van der Waals surface area contributed by atoms with Crippen LogP contribution >= 0.6 is 11.3 Å². The number of nitrogens with one attached hydrogen (secondary N) is 1. The summed E-state index contributed by atoms with van der Waals surface area (Å²) < 4.78 is 0. The number of aromatic nitrogens is 1. The minimum atomic E-state index is -0.807. The van der Waals surface area contributed by atoms with E-state index in [9.17, 15) is 9.59 Å². The zero-order valence-electron chi connectivity index (χ0n) is 10.0. The van der Waals surface area contributed by atoms with Crippen LogP contribution in [0.2, 0.25) is 0 Å². The zero-order valence-corrected chi connectivity index (χ0v) is 10.9. The number of likely N-dealkylation sites (tertiary alicyclic amines) is 1. The molecular weight excluding hydrogens is 254 g/mol. The molecule has 98 valence electrons. The largest absolute Gasteiger partial charge is 0.481 e. The van der Waals surface area contributed by atoms with Gasteiger partial charge in [-0.05, 0) is 6.92 Å². The molecule has 0 atom stereocenters. The number of carbonyl (C=O) groups is 2. The highest BCUT2D eigenvalue weighted by Crippen LogP contribution is 2.18. The second-order valence-corrected chi connectivity index (χ2v) is 5.45. The summed E-state index contributed by atoms with van der Waals surface area (Å²) in [6.07, 6.45) is 0.134. The Labute approximate surface area is 109 Å². The number of amides is 2. The summed E-state index contributed by atoms with van der Waals surface area (Å²) in [7, 11) is 0. The van der Waals surface area contributed by atoms with E-state index in [1.54, 1.807) is 16.2 Å². The minimum Gasteiger partial charge on any atom is -0.481 e. The van der Waals surface area contributed by atoms with Crippen LogP contribution in [0.15, 0.2) is 5.38 Å². The molecule has 7 heteroatoms. The first-order chi connectivity index (χ1) is 8.54. The van der Waals surface area contributed by atoms with Gasteiger partial charge in [0.05, 0.1) is 23.7 Å². The molecule has 2 heterocycles. The Bertz CT molecular complexity index is 454. The first-order valence-electron chi connectivity index (χ1n) is 5.70. The van der Waals surface area contributed by atoms with Gasteiger partial charge in [-0.25, -0.2) is 9.78 Å². The van der Waals surface area contributed by atoms with Crippen molar-refractivity contribution in [2.24, 2.45) is 5.92 Å². The first kappa shape index (κ1) is 12.8. The van der Waals surface area contributed by atoms with E-state index in [1.165, 1.54) is 0 Å². The van der Waals surface area contributed by atoms with E-state index < -0.39 is 5.97 Å². The molecule has 1 aliphatic heterocycles. The van der Waals surface area contributed by atoms with Crippen molar-refractivity contribution in [3.05, 3.63) is 16.1 Å². The van der Waals surface area contributed by atoms with Gasteiger partial charge in [-0.1, -0.05) is 0 Å². The van der Waals surface area contributed by atoms with E-state index in [-0.39, 0.29) is 18.4 Å². The number of aliphatic carboxylic acids is 1. The molecule has 0 saturated carbocycles. The summed E-state index contributed by atoms with van der Waals surface area (Å²) in [5.41, 5.74) is 0.855. The number of carboxylic acids is 1. The van der Waals surface area contributed by atoms with Crippen molar-refractivity contribution in [1.82, 2.24) is 15.2 Å². The van der Waals surface area contributed by atoms with Crippen molar-refractivity contribution in [3.63, 3.8) is 0 Å². The predicted octanol–water partition coefficient (Wildman–Crippen LogP) is 1.07. The van der Waals surface area contributed by atoms with Crippen molar-refractivity contribution in [2.75, 3.05) is 13.1 Å². The molecule has 1 fully saturated rings. The quantitative estimate of drug-likeness (QED) is 0.856. The minimum absolute atomic E-state index is 0.0924. The van der Waals surface area contributed by atoms with Crippen molar-refractivity contribution in [3.8, 4) is 0 Å². The molecule has 1 aromatic rings. The molecule has 2 N–H and O–H groups in total. The third-order valence-corrected chi connectivity index (χ3v) is 3.62. The monoisotopic (exact) mass is 269 g/mol. The van der Waals surface area contributed by atoms with Gasteiger partial charge in [0.1, 0.15) is 0 Å². The lowest BCUT2D eigenvalue weighted by molar-refractivity contribution is -0.139. The van der Waals surface area contributed by atoms with E-state index in [1.807, 2.05) is 12.3 Å². The molecular formula is C11H15N3O3S. The maximum Gasteiger partial charge on any atom is 0.317 e. The average Bonchev–Trinajstić information content (AvgIpc) is 2.65. The van der Waals surface area contributed by atoms with Crippen LogP contribution in [-0.4, -0.2) is 40.1 Å². The lowest BCUT2D eigenvalue weighted by atomic mass is 9.97. The van der Waals surface area contributed by atoms with Gasteiger partial charge in [0, 0.05) is 24.4 Å². The Kier molecular flexibility index (Phi) is 3.81. The van der Waals surface area contributed by atoms with E-state index in [4.69, 9.17) is 5.11 Å². The number of rotatable bonds is 4. The van der Waals surface area contributed by atoms with Crippen LogP contribution in [0.25, 0.3) is 0 Å². The highest BCUT2D eigenvalue weighted by molar-refractivity contribution is 7.09. The fourth-order valence-electron chi connectivity index (χ4n) is 1.88. The number of nitrogens with zero attached hydrogens (tertiary/aromatic N) is 2. The van der Waals surface area contributed by atoms with Crippen molar-refractivity contribution >= 4 is 23.3 Å². The van der Waals surface area contributed by atoms with Crippen LogP contribution in [-0.2, 0) is 11.3 Å². The van der Waals surface area contributed by atoms with Gasteiger partial charge < -0.3 is 15.3 Å². The fourth-order valence-corrected chi connectivity index (χ4v) is 2.49. The second kappa shape index (κ2) is 5.34. The van der Waals surface area contributed by atoms with Crippen molar-refractivity contribution in [2.45, 2.75) is 19.9 Å². The number of carbonyl (C=O) groups excluding carboxylic acids is 1. The summed E-state index contributed by atoms with van der Waals surface area (Å²) in [5, 5.41) is 14.3. The Hall–Kier alpha value is -1.63. The summed E-state index contributed by atoms with van der Waals surface area (Å²) in [4.78, 5) is 28.0. The van der Waals surface area contributed by atoms with Crippen molar-refractivity contribution in [1.29, 1.82) is 0 Å². The number of carboxylic acid groups (broad SMARTS) is 1. The number of hydrogen-bond donors (Lipinski definition) is 2. The van der Waals surface area contributed by atoms with Gasteiger partial charge in [0.15, 0.2) is 0 Å². The van der Waals surface area contributed by atoms with Crippen LogP contribution < -0.4 is 5.32 Å².